The summed E-state index contributed by atoms with van der Waals surface area (Å²) in [5.41, 5.74) is 2.33. The van der Waals surface area contributed by atoms with Gasteiger partial charge >= 0.3 is 0 Å². The molecule has 0 spiro atoms. The molecule has 0 aliphatic heterocycles. The van der Waals surface area contributed by atoms with Gasteiger partial charge in [0.25, 0.3) is 5.91 Å². The quantitative estimate of drug-likeness (QED) is 0.842. The molecule has 106 valence electrons. The van der Waals surface area contributed by atoms with Crippen molar-refractivity contribution in [2.24, 2.45) is 0 Å². The summed E-state index contributed by atoms with van der Waals surface area (Å²) in [7, 11) is 3.51. The van der Waals surface area contributed by atoms with Crippen LogP contribution in [0.3, 0.4) is 0 Å². The van der Waals surface area contributed by atoms with Gasteiger partial charge in [-0.1, -0.05) is 30.3 Å². The van der Waals surface area contributed by atoms with E-state index in [-0.39, 0.29) is 11.4 Å². The van der Waals surface area contributed by atoms with Crippen molar-refractivity contribution < 1.29 is 4.79 Å². The van der Waals surface area contributed by atoms with Crippen LogP contribution in [0.25, 0.3) is 11.3 Å². The van der Waals surface area contributed by atoms with Gasteiger partial charge in [-0.05, 0) is 20.8 Å². The minimum Gasteiger partial charge on any atom is -0.345 e. The first-order valence-electron chi connectivity index (χ1n) is 6.68. The van der Waals surface area contributed by atoms with Crippen LogP contribution in [0.15, 0.2) is 36.5 Å². The summed E-state index contributed by atoms with van der Waals surface area (Å²) in [5, 5.41) is 4.44. The zero-order chi connectivity index (χ0) is 14.9. The molecule has 0 fully saturated rings. The normalized spacial score (nSPS) is 11.4. The third-order valence-corrected chi connectivity index (χ3v) is 3.09. The summed E-state index contributed by atoms with van der Waals surface area (Å²) in [4.78, 5) is 13.9. The van der Waals surface area contributed by atoms with Gasteiger partial charge in [0.15, 0.2) is 0 Å². The monoisotopic (exact) mass is 271 g/mol. The third kappa shape index (κ3) is 2.59. The summed E-state index contributed by atoms with van der Waals surface area (Å²) in [6.07, 6.45) is 1.66. The molecule has 1 amide bonds. The maximum Gasteiger partial charge on any atom is 0.257 e. The molecule has 0 bridgehead atoms. The summed E-state index contributed by atoms with van der Waals surface area (Å²) in [6, 6.07) is 9.92. The van der Waals surface area contributed by atoms with Crippen LogP contribution >= 0.6 is 0 Å². The Morgan fingerprint density at radius 1 is 1.15 bits per heavy atom. The Kier molecular flexibility index (Phi) is 3.66. The second kappa shape index (κ2) is 5.12. The predicted molar refractivity (Wildman–Crippen MR) is 80.7 cm³/mol. The van der Waals surface area contributed by atoms with Crippen molar-refractivity contribution in [3.63, 3.8) is 0 Å². The summed E-state index contributed by atoms with van der Waals surface area (Å²) in [6.45, 7) is 6.24. The van der Waals surface area contributed by atoms with Gasteiger partial charge < -0.3 is 4.90 Å². The highest BCUT2D eigenvalue weighted by Gasteiger charge is 2.25. The Balaban J connectivity index is 2.67. The fourth-order valence-electron chi connectivity index (χ4n) is 2.13. The molecular weight excluding hydrogens is 250 g/mol. The average molecular weight is 271 g/mol. The van der Waals surface area contributed by atoms with Crippen LogP contribution in [0, 0.1) is 0 Å². The first kappa shape index (κ1) is 14.3. The van der Waals surface area contributed by atoms with Crippen molar-refractivity contribution in [3.05, 3.63) is 42.1 Å². The van der Waals surface area contributed by atoms with E-state index in [1.54, 1.807) is 25.2 Å². The lowest BCUT2D eigenvalue weighted by Gasteiger charge is -2.23. The molecule has 1 aromatic heterocycles. The van der Waals surface area contributed by atoms with E-state index < -0.39 is 0 Å². The highest BCUT2D eigenvalue weighted by molar-refractivity contribution is 5.99. The van der Waals surface area contributed by atoms with Gasteiger partial charge in [-0.15, -0.1) is 0 Å². The summed E-state index contributed by atoms with van der Waals surface area (Å²) < 4.78 is 1.92. The molecule has 0 aliphatic rings. The number of amides is 1. The number of carbonyl (C=O) groups is 1. The number of nitrogens with zero attached hydrogens (tertiary/aromatic N) is 3. The first-order chi connectivity index (χ1) is 9.32. The molecule has 0 saturated carbocycles. The standard InChI is InChI=1S/C16H21N3O/c1-16(2,3)19-14(12-9-7-6-8-10-12)13(11-17-19)15(20)18(4)5/h6-11H,1-5H3. The van der Waals surface area contributed by atoms with Crippen LogP contribution in [-0.2, 0) is 5.54 Å². The first-order valence-corrected chi connectivity index (χ1v) is 6.68. The van der Waals surface area contributed by atoms with E-state index in [1.807, 2.05) is 35.0 Å². The van der Waals surface area contributed by atoms with Gasteiger partial charge in [-0.3, -0.25) is 9.48 Å². The molecule has 0 unspecified atom stereocenters. The van der Waals surface area contributed by atoms with Crippen LogP contribution in [0.1, 0.15) is 31.1 Å². The van der Waals surface area contributed by atoms with E-state index in [4.69, 9.17) is 0 Å². The molecule has 4 nitrogen and oxygen atoms in total. The molecule has 0 radical (unpaired) electrons. The fourth-order valence-corrected chi connectivity index (χ4v) is 2.13. The minimum atomic E-state index is -0.185. The van der Waals surface area contributed by atoms with Crippen molar-refractivity contribution in [1.82, 2.24) is 14.7 Å². The van der Waals surface area contributed by atoms with Crippen molar-refractivity contribution >= 4 is 5.91 Å². The third-order valence-electron chi connectivity index (χ3n) is 3.09. The topological polar surface area (TPSA) is 38.1 Å². The molecule has 1 heterocycles. The van der Waals surface area contributed by atoms with Gasteiger partial charge in [0.2, 0.25) is 0 Å². The lowest BCUT2D eigenvalue weighted by molar-refractivity contribution is 0.0828. The van der Waals surface area contributed by atoms with Crippen molar-refractivity contribution in [2.75, 3.05) is 14.1 Å². The predicted octanol–water partition coefficient (Wildman–Crippen LogP) is 3.01. The van der Waals surface area contributed by atoms with Crippen LogP contribution in [0.5, 0.6) is 0 Å². The van der Waals surface area contributed by atoms with Crippen LogP contribution in [0.4, 0.5) is 0 Å². The van der Waals surface area contributed by atoms with Gasteiger partial charge in [0.1, 0.15) is 0 Å². The van der Waals surface area contributed by atoms with Crippen molar-refractivity contribution in [3.8, 4) is 11.3 Å². The highest BCUT2D eigenvalue weighted by atomic mass is 16.2. The van der Waals surface area contributed by atoms with E-state index in [2.05, 4.69) is 25.9 Å². The van der Waals surface area contributed by atoms with Gasteiger partial charge in [-0.25, -0.2) is 0 Å². The van der Waals surface area contributed by atoms with Crippen molar-refractivity contribution in [2.45, 2.75) is 26.3 Å². The molecule has 0 N–H and O–H groups in total. The Labute approximate surface area is 120 Å². The summed E-state index contributed by atoms with van der Waals surface area (Å²) in [5.74, 6) is -0.0284. The molecule has 0 atom stereocenters. The van der Waals surface area contributed by atoms with Gasteiger partial charge in [-0.2, -0.15) is 5.10 Å². The molecule has 0 saturated heterocycles. The zero-order valence-electron chi connectivity index (χ0n) is 12.7. The number of carbonyl (C=O) groups excluding carboxylic acids is 1. The fraction of sp³-hybridized carbons (Fsp3) is 0.375. The molecule has 2 rings (SSSR count). The lowest BCUT2D eigenvalue weighted by atomic mass is 10.0. The largest absolute Gasteiger partial charge is 0.345 e. The van der Waals surface area contributed by atoms with Crippen LogP contribution in [-0.4, -0.2) is 34.7 Å². The molecule has 0 aliphatic carbocycles. The Morgan fingerprint density at radius 2 is 1.75 bits per heavy atom. The molecule has 4 heteroatoms. The Bertz CT molecular complexity index is 606. The lowest BCUT2D eigenvalue weighted by Crippen LogP contribution is -2.26. The number of rotatable bonds is 2. The Morgan fingerprint density at radius 3 is 2.25 bits per heavy atom. The average Bonchev–Trinajstić information content (AvgIpc) is 2.83. The van der Waals surface area contributed by atoms with E-state index in [9.17, 15) is 4.79 Å². The molecular formula is C16H21N3O. The van der Waals surface area contributed by atoms with Gasteiger partial charge in [0.05, 0.1) is 23.0 Å². The van der Waals surface area contributed by atoms with E-state index in [1.165, 1.54) is 0 Å². The number of benzene rings is 1. The molecule has 2 aromatic rings. The summed E-state index contributed by atoms with van der Waals surface area (Å²) >= 11 is 0. The second-order valence-electron chi connectivity index (χ2n) is 6.06. The van der Waals surface area contributed by atoms with Crippen LogP contribution in [0.2, 0.25) is 0 Å². The van der Waals surface area contributed by atoms with E-state index in [0.29, 0.717) is 5.56 Å². The zero-order valence-corrected chi connectivity index (χ0v) is 12.7. The SMILES string of the molecule is CN(C)C(=O)c1cnn(C(C)(C)C)c1-c1ccccc1. The number of hydrogen-bond acceptors (Lipinski definition) is 2. The highest BCUT2D eigenvalue weighted by Crippen LogP contribution is 2.29. The van der Waals surface area contributed by atoms with Crippen molar-refractivity contribution in [1.29, 1.82) is 0 Å². The smallest absolute Gasteiger partial charge is 0.257 e. The number of hydrogen-bond donors (Lipinski definition) is 0. The second-order valence-corrected chi connectivity index (χ2v) is 6.06. The van der Waals surface area contributed by atoms with E-state index >= 15 is 0 Å². The maximum atomic E-state index is 12.4. The molecule has 1 aromatic carbocycles. The molecule has 20 heavy (non-hydrogen) atoms. The van der Waals surface area contributed by atoms with E-state index in [0.717, 1.165) is 11.3 Å². The minimum absolute atomic E-state index is 0.0284. The van der Waals surface area contributed by atoms with Crippen LogP contribution < -0.4 is 0 Å². The maximum absolute atomic E-state index is 12.4. The Hall–Kier alpha value is -2.10. The van der Waals surface area contributed by atoms with Gasteiger partial charge in [0, 0.05) is 19.7 Å². The number of aromatic nitrogens is 2.